The highest BCUT2D eigenvalue weighted by atomic mass is 19.1. The van der Waals surface area contributed by atoms with Crippen molar-refractivity contribution in [1.29, 1.82) is 0 Å². The van der Waals surface area contributed by atoms with E-state index >= 15 is 0 Å². The summed E-state index contributed by atoms with van der Waals surface area (Å²) in [5, 5.41) is 0. The zero-order valence-electron chi connectivity index (χ0n) is 10.7. The minimum Gasteiger partial charge on any atom is -0.387 e. The molecule has 0 spiro atoms. The summed E-state index contributed by atoms with van der Waals surface area (Å²) in [6.07, 6.45) is 2.19. The van der Waals surface area contributed by atoms with Gasteiger partial charge in [-0.05, 0) is 19.4 Å². The summed E-state index contributed by atoms with van der Waals surface area (Å²) >= 11 is 0. The van der Waals surface area contributed by atoms with Crippen molar-refractivity contribution < 1.29 is 9.18 Å². The van der Waals surface area contributed by atoms with Crippen molar-refractivity contribution in [1.82, 2.24) is 4.90 Å². The fourth-order valence-electron chi connectivity index (χ4n) is 1.30. The van der Waals surface area contributed by atoms with Crippen molar-refractivity contribution in [2.75, 3.05) is 13.7 Å². The lowest BCUT2D eigenvalue weighted by molar-refractivity contribution is -0.128. The van der Waals surface area contributed by atoms with Gasteiger partial charge in [0.05, 0.1) is 24.6 Å². The van der Waals surface area contributed by atoms with Gasteiger partial charge < -0.3 is 10.6 Å². The number of allylic oxidation sites excluding steroid dienone is 2. The SMILES string of the molecule is C=C(/C=C(\CC)N(C)C(=O)CCF)/N=C(/C)N. The van der Waals surface area contributed by atoms with Crippen LogP contribution in [0.15, 0.2) is 29.0 Å². The third kappa shape index (κ3) is 5.85. The van der Waals surface area contributed by atoms with Crippen molar-refractivity contribution in [2.24, 2.45) is 10.7 Å². The van der Waals surface area contributed by atoms with Gasteiger partial charge in [-0.1, -0.05) is 13.5 Å². The number of carbonyl (C=O) groups excluding carboxylic acids is 1. The van der Waals surface area contributed by atoms with Crippen LogP contribution in [-0.2, 0) is 4.79 Å². The van der Waals surface area contributed by atoms with E-state index in [9.17, 15) is 9.18 Å². The normalized spacial score (nSPS) is 12.5. The van der Waals surface area contributed by atoms with Gasteiger partial charge in [-0.3, -0.25) is 9.18 Å². The van der Waals surface area contributed by atoms with Crippen LogP contribution in [0.5, 0.6) is 0 Å². The molecular weight excluding hydrogens is 221 g/mol. The highest BCUT2D eigenvalue weighted by molar-refractivity contribution is 5.79. The summed E-state index contributed by atoms with van der Waals surface area (Å²) < 4.78 is 12.1. The maximum atomic E-state index is 12.1. The number of amidine groups is 1. The highest BCUT2D eigenvalue weighted by Crippen LogP contribution is 2.12. The molecule has 4 nitrogen and oxygen atoms in total. The Kier molecular flexibility index (Phi) is 6.86. The van der Waals surface area contributed by atoms with Crippen LogP contribution in [0.2, 0.25) is 0 Å². The van der Waals surface area contributed by atoms with Gasteiger partial charge in [0.2, 0.25) is 5.91 Å². The second-order valence-corrected chi connectivity index (χ2v) is 3.63. The van der Waals surface area contributed by atoms with Crippen LogP contribution in [-0.4, -0.2) is 30.4 Å². The van der Waals surface area contributed by atoms with E-state index in [-0.39, 0.29) is 12.3 Å². The van der Waals surface area contributed by atoms with Gasteiger partial charge in [0.15, 0.2) is 0 Å². The summed E-state index contributed by atoms with van der Waals surface area (Å²) in [4.78, 5) is 16.9. The molecule has 0 heterocycles. The van der Waals surface area contributed by atoms with E-state index in [0.717, 1.165) is 5.70 Å². The lowest BCUT2D eigenvalue weighted by Crippen LogP contribution is -2.26. The van der Waals surface area contributed by atoms with Crippen LogP contribution >= 0.6 is 0 Å². The Morgan fingerprint density at radius 2 is 2.18 bits per heavy atom. The Morgan fingerprint density at radius 1 is 1.59 bits per heavy atom. The highest BCUT2D eigenvalue weighted by Gasteiger charge is 2.11. The number of aliphatic imine (C=N–C) groups is 1. The lowest BCUT2D eigenvalue weighted by atomic mass is 10.2. The van der Waals surface area contributed by atoms with Crippen molar-refractivity contribution in [3.05, 3.63) is 24.0 Å². The van der Waals surface area contributed by atoms with E-state index in [2.05, 4.69) is 11.6 Å². The Labute approximate surface area is 102 Å². The number of nitrogens with two attached hydrogens (primary N) is 1. The average molecular weight is 241 g/mol. The van der Waals surface area contributed by atoms with E-state index in [1.807, 2.05) is 6.92 Å². The molecule has 17 heavy (non-hydrogen) atoms. The second kappa shape index (κ2) is 7.60. The number of hydrogen-bond acceptors (Lipinski definition) is 2. The molecule has 0 saturated heterocycles. The first-order valence-electron chi connectivity index (χ1n) is 5.45. The molecule has 0 aliphatic carbocycles. The topological polar surface area (TPSA) is 58.7 Å². The second-order valence-electron chi connectivity index (χ2n) is 3.63. The van der Waals surface area contributed by atoms with Gasteiger partial charge in [-0.15, -0.1) is 0 Å². The summed E-state index contributed by atoms with van der Waals surface area (Å²) in [5.41, 5.74) is 6.63. The van der Waals surface area contributed by atoms with Crippen LogP contribution in [0.25, 0.3) is 0 Å². The number of halogens is 1. The van der Waals surface area contributed by atoms with Crippen LogP contribution in [0.1, 0.15) is 26.7 Å². The fourth-order valence-corrected chi connectivity index (χ4v) is 1.30. The molecule has 0 fully saturated rings. The van der Waals surface area contributed by atoms with Gasteiger partial charge in [-0.25, -0.2) is 4.99 Å². The minimum atomic E-state index is -0.652. The molecule has 0 aliphatic rings. The number of amides is 1. The molecule has 2 N–H and O–H groups in total. The Bertz CT molecular complexity index is 344. The molecule has 0 aromatic carbocycles. The summed E-state index contributed by atoms with van der Waals surface area (Å²) in [6.45, 7) is 6.62. The molecular formula is C12H20FN3O. The standard InChI is InChI=1S/C12H20FN3O/c1-5-11(8-9(2)15-10(3)14)16(4)12(17)6-7-13/h8H,2,5-7H2,1,3-4H3,(H2,14,15)/b11-8+. The summed E-state index contributed by atoms with van der Waals surface area (Å²) in [7, 11) is 1.61. The zero-order chi connectivity index (χ0) is 13.4. The van der Waals surface area contributed by atoms with Crippen molar-refractivity contribution >= 4 is 11.7 Å². The summed E-state index contributed by atoms with van der Waals surface area (Å²) in [5.74, 6) is 0.140. The van der Waals surface area contributed by atoms with E-state index in [4.69, 9.17) is 5.73 Å². The number of rotatable bonds is 6. The number of carbonyl (C=O) groups is 1. The predicted octanol–water partition coefficient (Wildman–Crippen LogP) is 1.99. The third-order valence-electron chi connectivity index (χ3n) is 2.13. The number of alkyl halides is 1. The first kappa shape index (κ1) is 15.3. The minimum absolute atomic E-state index is 0.112. The first-order chi connectivity index (χ1) is 7.92. The number of nitrogens with zero attached hydrogens (tertiary/aromatic N) is 2. The van der Waals surface area contributed by atoms with E-state index in [1.54, 1.807) is 20.0 Å². The first-order valence-corrected chi connectivity index (χ1v) is 5.45. The monoisotopic (exact) mass is 241 g/mol. The molecule has 0 aromatic rings. The largest absolute Gasteiger partial charge is 0.387 e. The maximum Gasteiger partial charge on any atom is 0.229 e. The summed E-state index contributed by atoms with van der Waals surface area (Å²) in [6, 6.07) is 0. The molecule has 0 aromatic heterocycles. The van der Waals surface area contributed by atoms with Crippen molar-refractivity contribution in [3.63, 3.8) is 0 Å². The Morgan fingerprint density at radius 3 is 2.59 bits per heavy atom. The number of hydrogen-bond donors (Lipinski definition) is 1. The molecule has 96 valence electrons. The molecule has 0 unspecified atom stereocenters. The van der Waals surface area contributed by atoms with Crippen LogP contribution in [0.3, 0.4) is 0 Å². The van der Waals surface area contributed by atoms with E-state index in [0.29, 0.717) is 18.0 Å². The molecule has 0 radical (unpaired) electrons. The fraction of sp³-hybridized carbons (Fsp3) is 0.500. The zero-order valence-corrected chi connectivity index (χ0v) is 10.7. The predicted molar refractivity (Wildman–Crippen MR) is 68.2 cm³/mol. The smallest absolute Gasteiger partial charge is 0.229 e. The lowest BCUT2D eigenvalue weighted by Gasteiger charge is -2.19. The van der Waals surface area contributed by atoms with Crippen molar-refractivity contribution in [3.8, 4) is 0 Å². The maximum absolute atomic E-state index is 12.1. The van der Waals surface area contributed by atoms with Gasteiger partial charge in [-0.2, -0.15) is 0 Å². The quantitative estimate of drug-likeness (QED) is 0.439. The van der Waals surface area contributed by atoms with Crippen molar-refractivity contribution in [2.45, 2.75) is 26.7 Å². The molecule has 0 aliphatic heterocycles. The van der Waals surface area contributed by atoms with Gasteiger partial charge >= 0.3 is 0 Å². The molecule has 5 heteroatoms. The van der Waals surface area contributed by atoms with Gasteiger partial charge in [0, 0.05) is 12.7 Å². The van der Waals surface area contributed by atoms with Crippen LogP contribution < -0.4 is 5.73 Å². The van der Waals surface area contributed by atoms with Crippen LogP contribution in [0.4, 0.5) is 4.39 Å². The Balaban J connectivity index is 4.82. The van der Waals surface area contributed by atoms with Gasteiger partial charge in [0.1, 0.15) is 0 Å². The Hall–Kier alpha value is -1.65. The third-order valence-corrected chi connectivity index (χ3v) is 2.13. The molecule has 1 amide bonds. The van der Waals surface area contributed by atoms with Crippen LogP contribution in [0, 0.1) is 0 Å². The van der Waals surface area contributed by atoms with Gasteiger partial charge in [0.25, 0.3) is 0 Å². The molecule has 0 atom stereocenters. The molecule has 0 rings (SSSR count). The molecule has 0 saturated carbocycles. The van der Waals surface area contributed by atoms with E-state index < -0.39 is 6.67 Å². The average Bonchev–Trinajstić information content (AvgIpc) is 2.24. The molecule has 0 bridgehead atoms. The van der Waals surface area contributed by atoms with E-state index in [1.165, 1.54) is 4.90 Å².